The molecule has 0 radical (unpaired) electrons. The first-order valence-electron chi connectivity index (χ1n) is 5.47. The predicted octanol–water partition coefficient (Wildman–Crippen LogP) is -0.262. The summed E-state index contributed by atoms with van der Waals surface area (Å²) in [6.07, 6.45) is 0. The van der Waals surface area contributed by atoms with Crippen LogP contribution < -0.4 is 10.8 Å². The van der Waals surface area contributed by atoms with Crippen LogP contribution in [0, 0.1) is 0 Å². The number of rotatable bonds is 4. The van der Waals surface area contributed by atoms with Crippen molar-refractivity contribution in [2.24, 2.45) is 0 Å². The lowest BCUT2D eigenvalue weighted by Gasteiger charge is -2.39. The molecular formula is C10H21N3O2. The number of nitrogens with one attached hydrogen (secondary N) is 2. The molecule has 1 rings (SSSR count). The Hall–Kier alpha value is -0.650. The summed E-state index contributed by atoms with van der Waals surface area (Å²) in [5, 5.41) is 3.26. The van der Waals surface area contributed by atoms with E-state index in [-0.39, 0.29) is 5.91 Å². The van der Waals surface area contributed by atoms with Crippen molar-refractivity contribution in [1.82, 2.24) is 15.7 Å². The fourth-order valence-corrected chi connectivity index (χ4v) is 1.63. The maximum Gasteiger partial charge on any atom is 0.263 e. The van der Waals surface area contributed by atoms with Gasteiger partial charge in [-0.3, -0.25) is 14.5 Å². The molecule has 1 fully saturated rings. The van der Waals surface area contributed by atoms with E-state index in [1.165, 1.54) is 0 Å². The van der Waals surface area contributed by atoms with Gasteiger partial charge >= 0.3 is 0 Å². The first-order chi connectivity index (χ1) is 7.09. The first kappa shape index (κ1) is 12.4. The van der Waals surface area contributed by atoms with Crippen LogP contribution in [0.4, 0.5) is 0 Å². The molecule has 1 aliphatic rings. The summed E-state index contributed by atoms with van der Waals surface area (Å²) in [6, 6.07) is 0. The topological polar surface area (TPSA) is 53.6 Å². The molecule has 1 amide bonds. The molecule has 0 saturated carbocycles. The zero-order valence-corrected chi connectivity index (χ0v) is 9.80. The minimum atomic E-state index is -0.503. The quantitative estimate of drug-likeness (QED) is 0.634. The third-order valence-corrected chi connectivity index (χ3v) is 2.77. The molecule has 0 aliphatic carbocycles. The normalized spacial score (nSPS) is 18.9. The Labute approximate surface area is 91.1 Å². The van der Waals surface area contributed by atoms with Gasteiger partial charge in [0.25, 0.3) is 5.91 Å². The van der Waals surface area contributed by atoms with Gasteiger partial charge in [0.05, 0.1) is 12.1 Å². The van der Waals surface area contributed by atoms with Gasteiger partial charge in [-0.25, -0.2) is 5.48 Å². The smallest absolute Gasteiger partial charge is 0.263 e. The summed E-state index contributed by atoms with van der Waals surface area (Å²) >= 11 is 0. The van der Waals surface area contributed by atoms with Crippen molar-refractivity contribution in [2.45, 2.75) is 26.3 Å². The van der Waals surface area contributed by atoms with Crippen LogP contribution in [0.2, 0.25) is 0 Å². The van der Waals surface area contributed by atoms with E-state index >= 15 is 0 Å². The second-order valence-electron chi connectivity index (χ2n) is 4.16. The van der Waals surface area contributed by atoms with Crippen LogP contribution in [-0.4, -0.2) is 49.1 Å². The molecule has 88 valence electrons. The van der Waals surface area contributed by atoms with Crippen LogP contribution in [0.1, 0.15) is 20.8 Å². The van der Waals surface area contributed by atoms with Crippen molar-refractivity contribution in [2.75, 3.05) is 32.8 Å². The van der Waals surface area contributed by atoms with Gasteiger partial charge in [0, 0.05) is 26.2 Å². The number of hydrogen-bond acceptors (Lipinski definition) is 4. The lowest BCUT2D eigenvalue weighted by Crippen LogP contribution is -2.59. The number of amides is 1. The first-order valence-corrected chi connectivity index (χ1v) is 5.47. The molecular weight excluding hydrogens is 194 g/mol. The maximum atomic E-state index is 11.8. The third kappa shape index (κ3) is 3.15. The van der Waals surface area contributed by atoms with Gasteiger partial charge in [0.15, 0.2) is 0 Å². The van der Waals surface area contributed by atoms with Gasteiger partial charge in [-0.05, 0) is 20.8 Å². The van der Waals surface area contributed by atoms with E-state index in [1.54, 1.807) is 0 Å². The molecule has 0 atom stereocenters. The maximum absolute atomic E-state index is 11.8. The Morgan fingerprint density at radius 1 is 1.47 bits per heavy atom. The highest BCUT2D eigenvalue weighted by molar-refractivity contribution is 5.84. The van der Waals surface area contributed by atoms with Gasteiger partial charge < -0.3 is 5.32 Å². The van der Waals surface area contributed by atoms with Crippen molar-refractivity contribution >= 4 is 5.91 Å². The molecule has 2 N–H and O–H groups in total. The zero-order chi connectivity index (χ0) is 11.3. The van der Waals surface area contributed by atoms with Crippen molar-refractivity contribution in [3.63, 3.8) is 0 Å². The van der Waals surface area contributed by atoms with Gasteiger partial charge in [0.2, 0.25) is 0 Å². The van der Waals surface area contributed by atoms with Gasteiger partial charge in [-0.15, -0.1) is 0 Å². The third-order valence-electron chi connectivity index (χ3n) is 2.77. The fourth-order valence-electron chi connectivity index (χ4n) is 1.63. The van der Waals surface area contributed by atoms with Crippen LogP contribution in [-0.2, 0) is 9.63 Å². The molecule has 0 aromatic carbocycles. The van der Waals surface area contributed by atoms with Crippen molar-refractivity contribution < 1.29 is 9.63 Å². The summed E-state index contributed by atoms with van der Waals surface area (Å²) < 4.78 is 0. The van der Waals surface area contributed by atoms with E-state index in [0.717, 1.165) is 26.2 Å². The van der Waals surface area contributed by atoms with E-state index in [1.807, 2.05) is 20.8 Å². The molecule has 0 bridgehead atoms. The minimum absolute atomic E-state index is 0.0775. The van der Waals surface area contributed by atoms with E-state index < -0.39 is 5.54 Å². The molecule has 1 heterocycles. The molecule has 1 saturated heterocycles. The monoisotopic (exact) mass is 215 g/mol. The Morgan fingerprint density at radius 3 is 2.60 bits per heavy atom. The molecule has 15 heavy (non-hydrogen) atoms. The van der Waals surface area contributed by atoms with Crippen LogP contribution in [0.25, 0.3) is 0 Å². The molecule has 5 nitrogen and oxygen atoms in total. The number of carbonyl (C=O) groups excluding carboxylic acids is 1. The number of hydrogen-bond donors (Lipinski definition) is 2. The van der Waals surface area contributed by atoms with Crippen molar-refractivity contribution in [3.05, 3.63) is 0 Å². The summed E-state index contributed by atoms with van der Waals surface area (Å²) in [5.41, 5.74) is 1.97. The highest BCUT2D eigenvalue weighted by atomic mass is 16.6. The Bertz CT molecular complexity index is 213. The minimum Gasteiger partial charge on any atom is -0.314 e. The van der Waals surface area contributed by atoms with E-state index in [0.29, 0.717) is 6.61 Å². The highest BCUT2D eigenvalue weighted by Gasteiger charge is 2.35. The fraction of sp³-hybridized carbons (Fsp3) is 0.900. The molecule has 0 aromatic heterocycles. The van der Waals surface area contributed by atoms with Gasteiger partial charge in [0.1, 0.15) is 0 Å². The van der Waals surface area contributed by atoms with Gasteiger partial charge in [-0.1, -0.05) is 0 Å². The van der Waals surface area contributed by atoms with Crippen LogP contribution in [0.3, 0.4) is 0 Å². The number of carbonyl (C=O) groups is 1. The Morgan fingerprint density at radius 2 is 2.07 bits per heavy atom. The average Bonchev–Trinajstić information content (AvgIpc) is 2.27. The highest BCUT2D eigenvalue weighted by Crippen LogP contribution is 2.14. The summed E-state index contributed by atoms with van der Waals surface area (Å²) in [5.74, 6) is -0.0775. The second-order valence-corrected chi connectivity index (χ2v) is 4.16. The summed E-state index contributed by atoms with van der Waals surface area (Å²) in [4.78, 5) is 18.9. The Kier molecular flexibility index (Phi) is 4.50. The van der Waals surface area contributed by atoms with E-state index in [9.17, 15) is 4.79 Å². The lowest BCUT2D eigenvalue weighted by atomic mass is 10.0. The zero-order valence-electron chi connectivity index (χ0n) is 9.80. The lowest BCUT2D eigenvalue weighted by molar-refractivity contribution is -0.144. The van der Waals surface area contributed by atoms with E-state index in [4.69, 9.17) is 4.84 Å². The summed E-state index contributed by atoms with van der Waals surface area (Å²) in [7, 11) is 0. The van der Waals surface area contributed by atoms with E-state index in [2.05, 4.69) is 15.7 Å². The van der Waals surface area contributed by atoms with Crippen molar-refractivity contribution in [1.29, 1.82) is 0 Å². The standard InChI is InChI=1S/C10H21N3O2/c1-4-15-12-9(14)10(2,3)13-7-5-11-6-8-13/h11H,4-8H2,1-3H3,(H,12,14). The summed E-state index contributed by atoms with van der Waals surface area (Å²) in [6.45, 7) is 9.84. The Balaban J connectivity index is 2.51. The number of hydroxylamine groups is 1. The molecule has 0 aromatic rings. The average molecular weight is 215 g/mol. The largest absolute Gasteiger partial charge is 0.314 e. The van der Waals surface area contributed by atoms with Gasteiger partial charge in [-0.2, -0.15) is 0 Å². The second kappa shape index (κ2) is 5.44. The molecule has 5 heteroatoms. The van der Waals surface area contributed by atoms with Crippen LogP contribution >= 0.6 is 0 Å². The predicted molar refractivity (Wildman–Crippen MR) is 58.3 cm³/mol. The van der Waals surface area contributed by atoms with Crippen LogP contribution in [0.5, 0.6) is 0 Å². The SMILES string of the molecule is CCONC(=O)C(C)(C)N1CCNCC1. The molecule has 0 spiro atoms. The van der Waals surface area contributed by atoms with Crippen LogP contribution in [0.15, 0.2) is 0 Å². The molecule has 0 unspecified atom stereocenters. The van der Waals surface area contributed by atoms with Crippen molar-refractivity contribution in [3.8, 4) is 0 Å². The molecule has 1 aliphatic heterocycles. The number of nitrogens with zero attached hydrogens (tertiary/aromatic N) is 1. The number of piperazine rings is 1.